The molecule has 0 bridgehead atoms. The van der Waals surface area contributed by atoms with Crippen molar-refractivity contribution in [2.24, 2.45) is 0 Å². The van der Waals surface area contributed by atoms with E-state index in [1.165, 1.54) is 0 Å². The lowest BCUT2D eigenvalue weighted by atomic mass is 10.1. The van der Waals surface area contributed by atoms with Crippen molar-refractivity contribution in [3.8, 4) is 0 Å². The molecule has 0 saturated carbocycles. The highest BCUT2D eigenvalue weighted by Crippen LogP contribution is 2.14. The van der Waals surface area contributed by atoms with Crippen LogP contribution in [-0.4, -0.2) is 52.6 Å². The first kappa shape index (κ1) is 17.1. The van der Waals surface area contributed by atoms with Crippen LogP contribution < -0.4 is 5.32 Å². The van der Waals surface area contributed by atoms with E-state index in [0.29, 0.717) is 25.7 Å². The Labute approximate surface area is 123 Å². The van der Waals surface area contributed by atoms with Crippen molar-refractivity contribution in [3.63, 3.8) is 0 Å². The minimum absolute atomic E-state index is 0.487. The molecule has 0 aromatic carbocycles. The van der Waals surface area contributed by atoms with E-state index in [4.69, 9.17) is 0 Å². The first-order chi connectivity index (χ1) is 9.38. The zero-order valence-corrected chi connectivity index (χ0v) is 13.6. The van der Waals surface area contributed by atoms with Crippen LogP contribution in [-0.2, 0) is 6.54 Å². The standard InChI is InChI=1S/C15H30N4O/c1-6-14(7-2)19-9-8-13(17-19)10-16-11-15(3,20)12-18(4)5/h8-9,14,16,20H,6-7,10-12H2,1-5H3. The molecule has 0 fully saturated rings. The molecular weight excluding hydrogens is 252 g/mol. The Kier molecular flexibility index (Phi) is 6.65. The fraction of sp³-hybridized carbons (Fsp3) is 0.800. The summed E-state index contributed by atoms with van der Waals surface area (Å²) in [6, 6.07) is 2.53. The second-order valence-electron chi connectivity index (χ2n) is 6.10. The van der Waals surface area contributed by atoms with Crippen LogP contribution in [0.2, 0.25) is 0 Å². The van der Waals surface area contributed by atoms with Gasteiger partial charge in [-0.15, -0.1) is 0 Å². The summed E-state index contributed by atoms with van der Waals surface area (Å²) in [7, 11) is 3.93. The summed E-state index contributed by atoms with van der Waals surface area (Å²) in [6.07, 6.45) is 4.25. The molecule has 2 N–H and O–H groups in total. The van der Waals surface area contributed by atoms with Crippen LogP contribution in [0, 0.1) is 0 Å². The smallest absolute Gasteiger partial charge is 0.0869 e. The van der Waals surface area contributed by atoms with E-state index >= 15 is 0 Å². The van der Waals surface area contributed by atoms with Crippen molar-refractivity contribution >= 4 is 0 Å². The average Bonchev–Trinajstić information content (AvgIpc) is 2.77. The first-order valence-electron chi connectivity index (χ1n) is 7.49. The third kappa shape index (κ3) is 5.61. The molecule has 0 aliphatic carbocycles. The van der Waals surface area contributed by atoms with E-state index in [1.54, 1.807) is 0 Å². The molecule has 1 unspecified atom stereocenters. The van der Waals surface area contributed by atoms with Gasteiger partial charge in [0.2, 0.25) is 0 Å². The maximum absolute atomic E-state index is 10.2. The molecule has 5 nitrogen and oxygen atoms in total. The number of aromatic nitrogens is 2. The van der Waals surface area contributed by atoms with Crippen molar-refractivity contribution in [3.05, 3.63) is 18.0 Å². The topological polar surface area (TPSA) is 53.3 Å². The largest absolute Gasteiger partial charge is 0.388 e. The van der Waals surface area contributed by atoms with Gasteiger partial charge in [-0.3, -0.25) is 4.68 Å². The van der Waals surface area contributed by atoms with E-state index in [1.807, 2.05) is 38.2 Å². The van der Waals surface area contributed by atoms with Gasteiger partial charge in [0.25, 0.3) is 0 Å². The Hall–Kier alpha value is -0.910. The summed E-state index contributed by atoms with van der Waals surface area (Å²) >= 11 is 0. The summed E-state index contributed by atoms with van der Waals surface area (Å²) in [5.74, 6) is 0. The molecule has 1 aromatic heterocycles. The van der Waals surface area contributed by atoms with Crippen LogP contribution in [0.4, 0.5) is 0 Å². The van der Waals surface area contributed by atoms with Gasteiger partial charge in [0.15, 0.2) is 0 Å². The molecule has 0 radical (unpaired) electrons. The highest BCUT2D eigenvalue weighted by atomic mass is 16.3. The molecule has 1 rings (SSSR count). The zero-order chi connectivity index (χ0) is 15.2. The second-order valence-corrected chi connectivity index (χ2v) is 6.10. The van der Waals surface area contributed by atoms with Crippen molar-refractivity contribution in [2.75, 3.05) is 27.2 Å². The monoisotopic (exact) mass is 282 g/mol. The number of likely N-dealkylation sites (N-methyl/N-ethyl adjacent to an activating group) is 1. The minimum Gasteiger partial charge on any atom is -0.388 e. The molecule has 1 aromatic rings. The Morgan fingerprint density at radius 1 is 1.40 bits per heavy atom. The summed E-state index contributed by atoms with van der Waals surface area (Å²) in [4.78, 5) is 1.99. The lowest BCUT2D eigenvalue weighted by Crippen LogP contribution is -2.45. The number of hydrogen-bond acceptors (Lipinski definition) is 4. The SMILES string of the molecule is CCC(CC)n1ccc(CNCC(C)(O)CN(C)C)n1. The maximum Gasteiger partial charge on any atom is 0.0869 e. The normalized spacial score (nSPS) is 15.0. The Balaban J connectivity index is 2.43. The fourth-order valence-electron chi connectivity index (χ4n) is 2.53. The zero-order valence-electron chi connectivity index (χ0n) is 13.6. The van der Waals surface area contributed by atoms with Crippen LogP contribution in [0.15, 0.2) is 12.3 Å². The van der Waals surface area contributed by atoms with Gasteiger partial charge in [-0.1, -0.05) is 13.8 Å². The number of nitrogens with zero attached hydrogens (tertiary/aromatic N) is 3. The van der Waals surface area contributed by atoms with Crippen molar-refractivity contribution in [1.82, 2.24) is 20.0 Å². The first-order valence-corrected chi connectivity index (χ1v) is 7.49. The molecule has 116 valence electrons. The third-order valence-electron chi connectivity index (χ3n) is 3.45. The van der Waals surface area contributed by atoms with Crippen LogP contribution in [0.5, 0.6) is 0 Å². The van der Waals surface area contributed by atoms with E-state index in [0.717, 1.165) is 18.5 Å². The molecule has 5 heteroatoms. The van der Waals surface area contributed by atoms with Gasteiger partial charge in [-0.25, -0.2) is 0 Å². The van der Waals surface area contributed by atoms with Crippen molar-refractivity contribution in [1.29, 1.82) is 0 Å². The second kappa shape index (κ2) is 7.76. The highest BCUT2D eigenvalue weighted by molar-refractivity contribution is 4.99. The number of nitrogens with one attached hydrogen (secondary N) is 1. The Morgan fingerprint density at radius 2 is 2.05 bits per heavy atom. The molecule has 0 aliphatic heterocycles. The predicted molar refractivity (Wildman–Crippen MR) is 82.7 cm³/mol. The van der Waals surface area contributed by atoms with Crippen LogP contribution >= 0.6 is 0 Å². The number of hydrogen-bond donors (Lipinski definition) is 2. The third-order valence-corrected chi connectivity index (χ3v) is 3.45. The summed E-state index contributed by atoms with van der Waals surface area (Å²) in [5, 5.41) is 18.1. The van der Waals surface area contributed by atoms with Crippen LogP contribution in [0.1, 0.15) is 45.3 Å². The molecule has 0 amide bonds. The molecule has 0 saturated heterocycles. The molecule has 20 heavy (non-hydrogen) atoms. The number of aliphatic hydroxyl groups is 1. The van der Waals surface area contributed by atoms with E-state index in [9.17, 15) is 5.11 Å². The molecule has 1 atom stereocenters. The average molecular weight is 282 g/mol. The summed E-state index contributed by atoms with van der Waals surface area (Å²) < 4.78 is 2.05. The van der Waals surface area contributed by atoms with Crippen LogP contribution in [0.3, 0.4) is 0 Å². The van der Waals surface area contributed by atoms with Gasteiger partial charge >= 0.3 is 0 Å². The fourth-order valence-corrected chi connectivity index (χ4v) is 2.53. The quantitative estimate of drug-likeness (QED) is 0.723. The lowest BCUT2D eigenvalue weighted by molar-refractivity contribution is 0.0335. The summed E-state index contributed by atoms with van der Waals surface area (Å²) in [5.41, 5.74) is 0.305. The molecule has 0 aliphatic rings. The van der Waals surface area contributed by atoms with Crippen LogP contribution in [0.25, 0.3) is 0 Å². The van der Waals surface area contributed by atoms with Gasteiger partial charge in [0.1, 0.15) is 0 Å². The van der Waals surface area contributed by atoms with Gasteiger partial charge < -0.3 is 15.3 Å². The van der Waals surface area contributed by atoms with E-state index in [2.05, 4.69) is 28.9 Å². The molecule has 1 heterocycles. The predicted octanol–water partition coefficient (Wildman–Crippen LogP) is 1.65. The molecule has 0 spiro atoms. The van der Waals surface area contributed by atoms with E-state index < -0.39 is 5.60 Å². The van der Waals surface area contributed by atoms with Crippen molar-refractivity contribution < 1.29 is 5.11 Å². The maximum atomic E-state index is 10.2. The molecular formula is C15H30N4O. The van der Waals surface area contributed by atoms with E-state index in [-0.39, 0.29) is 0 Å². The minimum atomic E-state index is -0.721. The van der Waals surface area contributed by atoms with Gasteiger partial charge in [0.05, 0.1) is 17.3 Å². The van der Waals surface area contributed by atoms with Gasteiger partial charge in [-0.2, -0.15) is 5.10 Å². The Bertz CT molecular complexity index is 383. The highest BCUT2D eigenvalue weighted by Gasteiger charge is 2.20. The summed E-state index contributed by atoms with van der Waals surface area (Å²) in [6.45, 7) is 8.11. The van der Waals surface area contributed by atoms with Crippen molar-refractivity contribution in [2.45, 2.75) is 51.8 Å². The lowest BCUT2D eigenvalue weighted by Gasteiger charge is -2.27. The Morgan fingerprint density at radius 3 is 2.60 bits per heavy atom. The van der Waals surface area contributed by atoms with Gasteiger partial charge in [0, 0.05) is 25.8 Å². The number of rotatable bonds is 9. The van der Waals surface area contributed by atoms with Gasteiger partial charge in [-0.05, 0) is 39.9 Å².